The summed E-state index contributed by atoms with van der Waals surface area (Å²) in [6.45, 7) is 1.97. The first-order valence-electron chi connectivity index (χ1n) is 5.70. The number of nitrogens with zero attached hydrogens (tertiary/aromatic N) is 1. The summed E-state index contributed by atoms with van der Waals surface area (Å²) >= 11 is 1.49. The number of para-hydroxylation sites is 1. The summed E-state index contributed by atoms with van der Waals surface area (Å²) in [6.07, 6.45) is 1.69. The van der Waals surface area contributed by atoms with E-state index < -0.39 is 0 Å². The molecule has 88 valence electrons. The molecule has 0 unspecified atom stereocenters. The molecule has 0 aliphatic heterocycles. The monoisotopic (exact) mass is 253 g/mol. The maximum atomic E-state index is 12.5. The van der Waals surface area contributed by atoms with Gasteiger partial charge in [-0.2, -0.15) is 0 Å². The van der Waals surface area contributed by atoms with Crippen LogP contribution in [0.3, 0.4) is 0 Å². The van der Waals surface area contributed by atoms with Crippen LogP contribution < -0.4 is 0 Å². The molecule has 0 atom stereocenters. The van der Waals surface area contributed by atoms with E-state index in [0.717, 1.165) is 26.9 Å². The van der Waals surface area contributed by atoms with E-state index in [1.54, 1.807) is 12.3 Å². The lowest BCUT2D eigenvalue weighted by atomic mass is 10.0. The van der Waals surface area contributed by atoms with Crippen LogP contribution in [0.1, 0.15) is 20.8 Å². The Morgan fingerprint density at radius 2 is 2.00 bits per heavy atom. The summed E-state index contributed by atoms with van der Waals surface area (Å²) in [7, 11) is 0. The number of thiophene rings is 1. The number of rotatable bonds is 2. The van der Waals surface area contributed by atoms with Gasteiger partial charge in [0, 0.05) is 17.1 Å². The van der Waals surface area contributed by atoms with Crippen LogP contribution in [-0.4, -0.2) is 10.8 Å². The molecule has 0 saturated heterocycles. The quantitative estimate of drug-likeness (QED) is 0.649. The predicted molar refractivity (Wildman–Crippen MR) is 74.2 cm³/mol. The molecule has 0 radical (unpaired) electrons. The Morgan fingerprint density at radius 3 is 2.78 bits per heavy atom. The number of ketones is 1. The van der Waals surface area contributed by atoms with Gasteiger partial charge in [0.15, 0.2) is 0 Å². The zero-order valence-corrected chi connectivity index (χ0v) is 10.7. The van der Waals surface area contributed by atoms with Crippen molar-refractivity contribution < 1.29 is 4.79 Å². The number of aromatic nitrogens is 1. The zero-order chi connectivity index (χ0) is 12.5. The Hall–Kier alpha value is -2.00. The van der Waals surface area contributed by atoms with Crippen LogP contribution >= 0.6 is 11.3 Å². The number of hydrogen-bond donors (Lipinski definition) is 0. The van der Waals surface area contributed by atoms with Gasteiger partial charge in [-0.1, -0.05) is 18.2 Å². The Kier molecular flexibility index (Phi) is 2.68. The SMILES string of the molecule is Cc1ccsc1C(=O)c1ccnc2ccccc12. The number of carbonyl (C=O) groups is 1. The largest absolute Gasteiger partial charge is 0.288 e. The summed E-state index contributed by atoms with van der Waals surface area (Å²) in [5.74, 6) is 0.0844. The molecule has 2 heterocycles. The Morgan fingerprint density at radius 1 is 1.17 bits per heavy atom. The van der Waals surface area contributed by atoms with Crippen molar-refractivity contribution in [2.75, 3.05) is 0 Å². The summed E-state index contributed by atoms with van der Waals surface area (Å²) in [4.78, 5) is 17.6. The lowest BCUT2D eigenvalue weighted by molar-refractivity contribution is 0.104. The fourth-order valence-corrected chi connectivity index (χ4v) is 2.90. The van der Waals surface area contributed by atoms with E-state index in [4.69, 9.17) is 0 Å². The van der Waals surface area contributed by atoms with E-state index >= 15 is 0 Å². The van der Waals surface area contributed by atoms with E-state index in [0.29, 0.717) is 0 Å². The molecule has 3 rings (SSSR count). The van der Waals surface area contributed by atoms with Crippen molar-refractivity contribution in [1.29, 1.82) is 0 Å². The highest BCUT2D eigenvalue weighted by atomic mass is 32.1. The molecule has 2 nitrogen and oxygen atoms in total. The van der Waals surface area contributed by atoms with Gasteiger partial charge in [0.25, 0.3) is 0 Å². The van der Waals surface area contributed by atoms with Crippen LogP contribution in [-0.2, 0) is 0 Å². The van der Waals surface area contributed by atoms with Gasteiger partial charge in [-0.25, -0.2) is 0 Å². The van der Waals surface area contributed by atoms with Crippen LogP contribution in [0.5, 0.6) is 0 Å². The van der Waals surface area contributed by atoms with E-state index in [9.17, 15) is 4.79 Å². The van der Waals surface area contributed by atoms with Crippen molar-refractivity contribution in [2.24, 2.45) is 0 Å². The number of fused-ring (bicyclic) bond motifs is 1. The van der Waals surface area contributed by atoms with Crippen LogP contribution in [0.15, 0.2) is 48.0 Å². The molecule has 0 spiro atoms. The smallest absolute Gasteiger partial charge is 0.203 e. The molecular weight excluding hydrogens is 242 g/mol. The van der Waals surface area contributed by atoms with Gasteiger partial charge in [-0.05, 0) is 36.1 Å². The summed E-state index contributed by atoms with van der Waals surface area (Å²) in [6, 6.07) is 11.5. The van der Waals surface area contributed by atoms with Gasteiger partial charge in [0.2, 0.25) is 5.78 Å². The average Bonchev–Trinajstić information content (AvgIpc) is 2.83. The molecule has 3 aromatic rings. The molecule has 0 amide bonds. The first-order chi connectivity index (χ1) is 8.77. The van der Waals surface area contributed by atoms with Crippen molar-refractivity contribution in [1.82, 2.24) is 4.98 Å². The van der Waals surface area contributed by atoms with Gasteiger partial charge < -0.3 is 0 Å². The highest BCUT2D eigenvalue weighted by Crippen LogP contribution is 2.24. The van der Waals surface area contributed by atoms with Crippen molar-refractivity contribution in [2.45, 2.75) is 6.92 Å². The van der Waals surface area contributed by atoms with Gasteiger partial charge in [-0.15, -0.1) is 11.3 Å². The van der Waals surface area contributed by atoms with Gasteiger partial charge in [-0.3, -0.25) is 9.78 Å². The van der Waals surface area contributed by atoms with E-state index in [-0.39, 0.29) is 5.78 Å². The lowest BCUT2D eigenvalue weighted by Crippen LogP contribution is -2.01. The molecule has 0 fully saturated rings. The topological polar surface area (TPSA) is 30.0 Å². The maximum absolute atomic E-state index is 12.5. The number of benzene rings is 1. The minimum Gasteiger partial charge on any atom is -0.288 e. The number of hydrogen-bond acceptors (Lipinski definition) is 3. The minimum absolute atomic E-state index is 0.0844. The van der Waals surface area contributed by atoms with Crippen LogP contribution in [0.2, 0.25) is 0 Å². The number of aryl methyl sites for hydroxylation is 1. The second-order valence-corrected chi connectivity index (χ2v) is 5.05. The molecule has 0 aliphatic rings. The molecular formula is C15H11NOS. The van der Waals surface area contributed by atoms with Gasteiger partial charge in [0.05, 0.1) is 10.4 Å². The molecule has 0 aliphatic carbocycles. The van der Waals surface area contributed by atoms with E-state index in [1.807, 2.05) is 42.6 Å². The Bertz CT molecular complexity index is 725. The summed E-state index contributed by atoms with van der Waals surface area (Å²) < 4.78 is 0. The molecule has 0 N–H and O–H groups in total. The Balaban J connectivity index is 2.21. The van der Waals surface area contributed by atoms with Crippen molar-refractivity contribution >= 4 is 28.0 Å². The first-order valence-corrected chi connectivity index (χ1v) is 6.58. The summed E-state index contributed by atoms with van der Waals surface area (Å²) in [5, 5.41) is 2.86. The lowest BCUT2D eigenvalue weighted by Gasteiger charge is -2.04. The van der Waals surface area contributed by atoms with E-state index in [2.05, 4.69) is 4.98 Å². The fourth-order valence-electron chi connectivity index (χ4n) is 2.02. The predicted octanol–water partition coefficient (Wildman–Crippen LogP) is 3.84. The molecule has 0 bridgehead atoms. The highest BCUT2D eigenvalue weighted by molar-refractivity contribution is 7.12. The zero-order valence-electron chi connectivity index (χ0n) is 9.88. The molecule has 2 aromatic heterocycles. The standard InChI is InChI=1S/C15H11NOS/c1-10-7-9-18-15(10)14(17)12-6-8-16-13-5-3-2-4-11(12)13/h2-9H,1H3. The average molecular weight is 253 g/mol. The Labute approximate surface area is 109 Å². The van der Waals surface area contributed by atoms with Crippen LogP contribution in [0, 0.1) is 6.92 Å². The third kappa shape index (κ3) is 1.73. The van der Waals surface area contributed by atoms with Gasteiger partial charge in [0.1, 0.15) is 0 Å². The minimum atomic E-state index is 0.0844. The van der Waals surface area contributed by atoms with Crippen LogP contribution in [0.4, 0.5) is 0 Å². The number of pyridine rings is 1. The third-order valence-electron chi connectivity index (χ3n) is 2.96. The molecule has 1 aromatic carbocycles. The fraction of sp³-hybridized carbons (Fsp3) is 0.0667. The van der Waals surface area contributed by atoms with Crippen LogP contribution in [0.25, 0.3) is 10.9 Å². The first kappa shape index (κ1) is 11.1. The highest BCUT2D eigenvalue weighted by Gasteiger charge is 2.15. The normalized spacial score (nSPS) is 10.7. The van der Waals surface area contributed by atoms with Crippen molar-refractivity contribution in [3.05, 3.63) is 64.0 Å². The number of carbonyl (C=O) groups excluding carboxylic acids is 1. The molecule has 3 heteroatoms. The second kappa shape index (κ2) is 4.35. The second-order valence-electron chi connectivity index (χ2n) is 4.14. The maximum Gasteiger partial charge on any atom is 0.203 e. The third-order valence-corrected chi connectivity index (χ3v) is 3.98. The summed E-state index contributed by atoms with van der Waals surface area (Å²) in [5.41, 5.74) is 2.62. The van der Waals surface area contributed by atoms with E-state index in [1.165, 1.54) is 11.3 Å². The molecule has 18 heavy (non-hydrogen) atoms. The molecule has 0 saturated carbocycles. The van der Waals surface area contributed by atoms with Gasteiger partial charge >= 0.3 is 0 Å². The van der Waals surface area contributed by atoms with Crippen molar-refractivity contribution in [3.63, 3.8) is 0 Å². The van der Waals surface area contributed by atoms with Crippen molar-refractivity contribution in [3.8, 4) is 0 Å².